The Hall–Kier alpha value is -3.12. The van der Waals surface area contributed by atoms with Gasteiger partial charge in [0.1, 0.15) is 16.2 Å². The van der Waals surface area contributed by atoms with Gasteiger partial charge in [0.15, 0.2) is 6.61 Å². The number of nitrogens with zero attached hydrogens (tertiary/aromatic N) is 4. The van der Waals surface area contributed by atoms with Crippen molar-refractivity contribution >= 4 is 45.5 Å². The summed E-state index contributed by atoms with van der Waals surface area (Å²) in [4.78, 5) is 37.7. The molecule has 0 bridgehead atoms. The monoisotopic (exact) mass is 418 g/mol. The van der Waals surface area contributed by atoms with E-state index in [1.165, 1.54) is 22.3 Å². The molecule has 0 saturated carbocycles. The molecule has 12 heteroatoms. The van der Waals surface area contributed by atoms with Gasteiger partial charge in [-0.15, -0.1) is 27.8 Å². The molecule has 0 aromatic carbocycles. The fourth-order valence-corrected chi connectivity index (χ4v) is 5.10. The summed E-state index contributed by atoms with van der Waals surface area (Å²) in [6.45, 7) is -0.494. The largest absolute Gasteiger partial charge is 0.451 e. The molecule has 3 aromatic rings. The number of aromatic nitrogens is 4. The number of esters is 1. The second-order valence-electron chi connectivity index (χ2n) is 5.94. The standard InChI is InChI=1S/C16H14N6O4S2/c17-14(24)12-8-2-1-3-10(8)28-15(12)19-11(23)6-26-16(25)13-9(4-5-27-13)22-7-18-20-21-22/h4-5,7H,1-3,6H2,(H2,17,24)(H,19,23). The van der Waals surface area contributed by atoms with Gasteiger partial charge < -0.3 is 15.8 Å². The fraction of sp³-hybridized carbons (Fsp3) is 0.250. The molecule has 1 aliphatic carbocycles. The topological polar surface area (TPSA) is 142 Å². The molecule has 3 N–H and O–H groups in total. The minimum Gasteiger partial charge on any atom is -0.451 e. The van der Waals surface area contributed by atoms with E-state index in [-0.39, 0.29) is 4.88 Å². The predicted molar refractivity (Wildman–Crippen MR) is 101 cm³/mol. The summed E-state index contributed by atoms with van der Waals surface area (Å²) in [5.74, 6) is -1.79. The maximum Gasteiger partial charge on any atom is 0.351 e. The van der Waals surface area contributed by atoms with Crippen LogP contribution in [0.3, 0.4) is 0 Å². The first-order chi connectivity index (χ1) is 13.5. The van der Waals surface area contributed by atoms with Gasteiger partial charge in [-0.25, -0.2) is 4.79 Å². The molecule has 0 unspecified atom stereocenters. The number of rotatable bonds is 6. The molecule has 0 radical (unpaired) electrons. The van der Waals surface area contributed by atoms with Gasteiger partial charge >= 0.3 is 5.97 Å². The first-order valence-electron chi connectivity index (χ1n) is 8.26. The Balaban J connectivity index is 1.42. The minimum absolute atomic E-state index is 0.271. The van der Waals surface area contributed by atoms with Crippen LogP contribution in [-0.4, -0.2) is 44.6 Å². The van der Waals surface area contributed by atoms with E-state index in [1.807, 2.05) is 0 Å². The Kier molecular flexibility index (Phi) is 4.88. The summed E-state index contributed by atoms with van der Waals surface area (Å²) in [6, 6.07) is 1.67. The summed E-state index contributed by atoms with van der Waals surface area (Å²) < 4.78 is 6.44. The van der Waals surface area contributed by atoms with Crippen molar-refractivity contribution in [1.82, 2.24) is 20.2 Å². The highest BCUT2D eigenvalue weighted by molar-refractivity contribution is 7.17. The number of carbonyl (C=O) groups is 3. The van der Waals surface area contributed by atoms with Gasteiger partial charge in [-0.3, -0.25) is 9.59 Å². The van der Waals surface area contributed by atoms with Crippen molar-refractivity contribution in [3.05, 3.63) is 38.7 Å². The van der Waals surface area contributed by atoms with Gasteiger partial charge in [0, 0.05) is 4.88 Å². The Morgan fingerprint density at radius 2 is 2.18 bits per heavy atom. The van der Waals surface area contributed by atoms with Gasteiger partial charge in [0.05, 0.1) is 11.3 Å². The fourth-order valence-electron chi connectivity index (χ4n) is 3.02. The van der Waals surface area contributed by atoms with Crippen LogP contribution in [0.5, 0.6) is 0 Å². The molecule has 144 valence electrons. The zero-order chi connectivity index (χ0) is 19.7. The summed E-state index contributed by atoms with van der Waals surface area (Å²) in [5, 5.41) is 15.5. The lowest BCUT2D eigenvalue weighted by Gasteiger charge is -2.07. The van der Waals surface area contributed by atoms with Crippen LogP contribution in [0.1, 0.15) is 36.9 Å². The molecule has 3 aromatic heterocycles. The maximum atomic E-state index is 12.3. The number of fused-ring (bicyclic) bond motifs is 1. The van der Waals surface area contributed by atoms with Crippen LogP contribution in [0.25, 0.3) is 5.69 Å². The number of thiophene rings is 2. The minimum atomic E-state index is -0.667. The van der Waals surface area contributed by atoms with E-state index in [0.717, 1.165) is 41.0 Å². The highest BCUT2D eigenvalue weighted by Crippen LogP contribution is 2.38. The van der Waals surface area contributed by atoms with Crippen LogP contribution >= 0.6 is 22.7 Å². The lowest BCUT2D eigenvalue weighted by molar-refractivity contribution is -0.119. The lowest BCUT2D eigenvalue weighted by atomic mass is 10.1. The number of anilines is 1. The van der Waals surface area contributed by atoms with Crippen molar-refractivity contribution in [2.24, 2.45) is 5.73 Å². The van der Waals surface area contributed by atoms with Crippen molar-refractivity contribution in [3.8, 4) is 5.69 Å². The Bertz CT molecular complexity index is 1060. The van der Waals surface area contributed by atoms with Gasteiger partial charge in [-0.05, 0) is 46.7 Å². The number of nitrogens with two attached hydrogens (primary N) is 1. The van der Waals surface area contributed by atoms with Crippen LogP contribution in [-0.2, 0) is 22.4 Å². The normalized spacial score (nSPS) is 12.6. The Morgan fingerprint density at radius 1 is 1.32 bits per heavy atom. The van der Waals surface area contributed by atoms with E-state index in [2.05, 4.69) is 20.8 Å². The molecule has 0 spiro atoms. The van der Waals surface area contributed by atoms with Gasteiger partial charge in [0.2, 0.25) is 0 Å². The highest BCUT2D eigenvalue weighted by Gasteiger charge is 2.26. The van der Waals surface area contributed by atoms with Crippen LogP contribution < -0.4 is 11.1 Å². The number of ether oxygens (including phenoxy) is 1. The van der Waals surface area contributed by atoms with Crippen molar-refractivity contribution in [2.45, 2.75) is 19.3 Å². The summed E-state index contributed by atoms with van der Waals surface area (Å²) in [6.07, 6.45) is 3.96. The molecule has 2 amide bonds. The maximum absolute atomic E-state index is 12.3. The van der Waals surface area contributed by atoms with Gasteiger partial charge in [0.25, 0.3) is 11.8 Å². The van der Waals surface area contributed by atoms with Gasteiger partial charge in [-0.2, -0.15) is 4.68 Å². The number of amides is 2. The van der Waals surface area contributed by atoms with Crippen LogP contribution in [0.4, 0.5) is 5.00 Å². The first-order valence-corrected chi connectivity index (χ1v) is 9.96. The van der Waals surface area contributed by atoms with E-state index in [1.54, 1.807) is 11.4 Å². The average molecular weight is 418 g/mol. The summed E-state index contributed by atoms with van der Waals surface area (Å²) in [5.41, 5.74) is 7.20. The Labute approximate surface area is 166 Å². The molecule has 4 rings (SSSR count). The third-order valence-corrected chi connectivity index (χ3v) is 6.27. The van der Waals surface area contributed by atoms with Crippen molar-refractivity contribution in [1.29, 1.82) is 0 Å². The molecule has 0 aliphatic heterocycles. The molecule has 28 heavy (non-hydrogen) atoms. The molecule has 3 heterocycles. The zero-order valence-electron chi connectivity index (χ0n) is 14.4. The van der Waals surface area contributed by atoms with Crippen molar-refractivity contribution in [3.63, 3.8) is 0 Å². The number of hydrogen-bond donors (Lipinski definition) is 2. The second kappa shape index (κ2) is 7.48. The second-order valence-corrected chi connectivity index (χ2v) is 7.96. The van der Waals surface area contributed by atoms with Crippen LogP contribution in [0, 0.1) is 0 Å². The third kappa shape index (κ3) is 3.39. The number of hydrogen-bond acceptors (Lipinski definition) is 9. The number of carbonyl (C=O) groups excluding carboxylic acids is 3. The third-order valence-electron chi connectivity index (χ3n) is 4.18. The molecular weight excluding hydrogens is 404 g/mol. The average Bonchev–Trinajstić information content (AvgIpc) is 3.41. The zero-order valence-corrected chi connectivity index (χ0v) is 16.0. The van der Waals surface area contributed by atoms with E-state index in [4.69, 9.17) is 10.5 Å². The summed E-state index contributed by atoms with van der Waals surface area (Å²) in [7, 11) is 0. The van der Waals surface area contributed by atoms with E-state index in [0.29, 0.717) is 16.3 Å². The molecule has 10 nitrogen and oxygen atoms in total. The SMILES string of the molecule is NC(=O)c1c(NC(=O)COC(=O)c2sccc2-n2cnnn2)sc2c1CCC2. The number of nitrogens with one attached hydrogen (secondary N) is 1. The van der Waals surface area contributed by atoms with E-state index in [9.17, 15) is 14.4 Å². The lowest BCUT2D eigenvalue weighted by Crippen LogP contribution is -2.22. The van der Waals surface area contributed by atoms with E-state index < -0.39 is 24.4 Å². The molecule has 1 aliphatic rings. The molecule has 0 fully saturated rings. The van der Waals surface area contributed by atoms with Crippen molar-refractivity contribution < 1.29 is 19.1 Å². The highest BCUT2D eigenvalue weighted by atomic mass is 32.1. The first kappa shape index (κ1) is 18.3. The quantitative estimate of drug-likeness (QED) is 0.572. The molecule has 0 saturated heterocycles. The summed E-state index contributed by atoms with van der Waals surface area (Å²) >= 11 is 2.49. The van der Waals surface area contributed by atoms with E-state index >= 15 is 0 Å². The van der Waals surface area contributed by atoms with Crippen LogP contribution in [0.15, 0.2) is 17.8 Å². The molecule has 0 atom stereocenters. The molecular formula is C16H14N6O4S2. The smallest absolute Gasteiger partial charge is 0.351 e. The number of tetrazole rings is 1. The van der Waals surface area contributed by atoms with Gasteiger partial charge in [-0.1, -0.05) is 0 Å². The Morgan fingerprint density at radius 3 is 2.93 bits per heavy atom. The van der Waals surface area contributed by atoms with Crippen LogP contribution in [0.2, 0.25) is 0 Å². The predicted octanol–water partition coefficient (Wildman–Crippen LogP) is 1.17. The number of primary amides is 1. The van der Waals surface area contributed by atoms with Crippen molar-refractivity contribution in [2.75, 3.05) is 11.9 Å². The number of aryl methyl sites for hydroxylation is 1.